The van der Waals surface area contributed by atoms with Crippen molar-refractivity contribution in [2.45, 2.75) is 18.7 Å². The van der Waals surface area contributed by atoms with Crippen LogP contribution in [-0.2, 0) is 18.7 Å². The monoisotopic (exact) mass is 334 g/mol. The molecular formula is C9H5BF9K. The summed E-state index contributed by atoms with van der Waals surface area (Å²) in [5, 5.41) is 0. The number of hydrogen-bond acceptors (Lipinski definition) is 0. The molecule has 0 radical (unpaired) electrons. The maximum atomic E-state index is 12.3. The molecular weight excluding hydrogens is 329 g/mol. The van der Waals surface area contributed by atoms with Crippen LogP contribution in [-0.4, -0.2) is 6.98 Å². The predicted octanol–water partition coefficient (Wildman–Crippen LogP) is 1.66. The topological polar surface area (TPSA) is 0 Å². The normalized spacial score (nSPS) is 13.1. The molecule has 0 nitrogen and oxygen atoms in total. The molecule has 0 saturated carbocycles. The maximum absolute atomic E-state index is 12.3. The van der Waals surface area contributed by atoms with Gasteiger partial charge in [-0.1, -0.05) is 11.9 Å². The number of rotatable bonds is 2. The van der Waals surface area contributed by atoms with Crippen LogP contribution >= 0.6 is 0 Å². The van der Waals surface area contributed by atoms with Crippen molar-refractivity contribution in [1.82, 2.24) is 0 Å². The Morgan fingerprint density at radius 2 is 1.10 bits per heavy atom. The molecule has 0 heterocycles. The summed E-state index contributed by atoms with van der Waals surface area (Å²) in [4.78, 5) is 0. The molecule has 0 aliphatic heterocycles. The van der Waals surface area contributed by atoms with Crippen molar-refractivity contribution in [3.8, 4) is 0 Å². The Morgan fingerprint density at radius 1 is 0.750 bits per heavy atom. The molecule has 0 aliphatic rings. The van der Waals surface area contributed by atoms with Gasteiger partial charge in [0, 0.05) is 0 Å². The standard InChI is InChI=1S/C9H5BF9.K/c11-8(12,13)6-1-5(4-10(17,18)19)2-7(3-6)9(14,15)16;/h1-3H,4H2;/q-1;+1. The molecule has 1 aromatic carbocycles. The fourth-order valence-electron chi connectivity index (χ4n) is 1.40. The van der Waals surface area contributed by atoms with Crippen molar-refractivity contribution in [2.24, 2.45) is 0 Å². The molecule has 1 aromatic rings. The zero-order chi connectivity index (χ0) is 15.1. The molecule has 0 spiro atoms. The van der Waals surface area contributed by atoms with Crippen LogP contribution in [0.15, 0.2) is 18.2 Å². The van der Waals surface area contributed by atoms with Gasteiger partial charge in [-0.05, 0) is 18.2 Å². The van der Waals surface area contributed by atoms with E-state index in [4.69, 9.17) is 0 Å². The van der Waals surface area contributed by atoms with Crippen LogP contribution in [0.5, 0.6) is 0 Å². The molecule has 1 rings (SSSR count). The number of halogens is 9. The van der Waals surface area contributed by atoms with Crippen LogP contribution in [0.1, 0.15) is 16.7 Å². The van der Waals surface area contributed by atoms with Crippen molar-refractivity contribution in [2.75, 3.05) is 0 Å². The second-order valence-electron chi connectivity index (χ2n) is 3.83. The Balaban J connectivity index is 0.00000361. The first-order valence-electron chi connectivity index (χ1n) is 4.78. The molecule has 0 atom stereocenters. The third kappa shape index (κ3) is 6.37. The summed E-state index contributed by atoms with van der Waals surface area (Å²) in [6, 6.07) is -0.0676. The molecule has 0 bridgehead atoms. The zero-order valence-corrected chi connectivity index (χ0v) is 13.0. The smallest absolute Gasteiger partial charge is 0.449 e. The Morgan fingerprint density at radius 3 is 1.35 bits per heavy atom. The first-order chi connectivity index (χ1) is 8.29. The van der Waals surface area contributed by atoms with Gasteiger partial charge in [-0.3, -0.25) is 0 Å². The Bertz CT molecular complexity index is 428. The van der Waals surface area contributed by atoms with E-state index < -0.39 is 42.3 Å². The van der Waals surface area contributed by atoms with Gasteiger partial charge in [0.1, 0.15) is 0 Å². The van der Waals surface area contributed by atoms with E-state index in [9.17, 15) is 39.3 Å². The van der Waals surface area contributed by atoms with E-state index in [0.717, 1.165) is 0 Å². The zero-order valence-electron chi connectivity index (χ0n) is 9.92. The molecule has 0 aliphatic carbocycles. The van der Waals surface area contributed by atoms with Gasteiger partial charge >= 0.3 is 70.7 Å². The van der Waals surface area contributed by atoms with Gasteiger partial charge in [-0.15, -0.1) is 0 Å². The molecule has 0 N–H and O–H groups in total. The number of hydrogen-bond donors (Lipinski definition) is 0. The van der Waals surface area contributed by atoms with Gasteiger partial charge in [0.05, 0.1) is 11.1 Å². The van der Waals surface area contributed by atoms with E-state index >= 15 is 0 Å². The fourth-order valence-corrected chi connectivity index (χ4v) is 1.40. The number of alkyl halides is 6. The third-order valence-corrected chi connectivity index (χ3v) is 2.11. The Hall–Kier alpha value is 0.291. The first kappa shape index (κ1) is 20.3. The van der Waals surface area contributed by atoms with Crippen molar-refractivity contribution in [1.29, 1.82) is 0 Å². The van der Waals surface area contributed by atoms with Gasteiger partial charge in [-0.25, -0.2) is 0 Å². The second kappa shape index (κ2) is 6.59. The second-order valence-corrected chi connectivity index (χ2v) is 3.83. The van der Waals surface area contributed by atoms with Crippen molar-refractivity contribution >= 4 is 6.98 Å². The molecule has 11 heteroatoms. The van der Waals surface area contributed by atoms with Crippen LogP contribution in [0, 0.1) is 0 Å². The molecule has 0 fully saturated rings. The van der Waals surface area contributed by atoms with E-state index in [1.54, 1.807) is 0 Å². The van der Waals surface area contributed by atoms with Crippen LogP contribution in [0.2, 0.25) is 0 Å². The number of benzene rings is 1. The average Bonchev–Trinajstić information content (AvgIpc) is 2.11. The molecule has 0 amide bonds. The summed E-state index contributed by atoms with van der Waals surface area (Å²) >= 11 is 0. The van der Waals surface area contributed by atoms with Gasteiger partial charge < -0.3 is 12.9 Å². The molecule has 108 valence electrons. The van der Waals surface area contributed by atoms with Crippen LogP contribution in [0.25, 0.3) is 0 Å². The van der Waals surface area contributed by atoms with Gasteiger partial charge in [0.25, 0.3) is 0 Å². The van der Waals surface area contributed by atoms with Crippen LogP contribution in [0.4, 0.5) is 39.3 Å². The first-order valence-corrected chi connectivity index (χ1v) is 4.78. The molecule has 0 unspecified atom stereocenters. The minimum absolute atomic E-state index is 0. The van der Waals surface area contributed by atoms with Crippen molar-refractivity contribution in [3.05, 3.63) is 34.9 Å². The van der Waals surface area contributed by atoms with Gasteiger partial charge in [-0.2, -0.15) is 26.3 Å². The summed E-state index contributed by atoms with van der Waals surface area (Å²) in [5.74, 6) is 0. The SMILES string of the molecule is F[B-](F)(F)Cc1cc(C(F)(F)F)cc(C(F)(F)F)c1.[K+]. The third-order valence-electron chi connectivity index (χ3n) is 2.11. The van der Waals surface area contributed by atoms with E-state index in [1.165, 1.54) is 0 Å². The summed E-state index contributed by atoms with van der Waals surface area (Å²) in [6.45, 7) is -5.53. The quantitative estimate of drug-likeness (QED) is 0.570. The van der Waals surface area contributed by atoms with E-state index in [2.05, 4.69) is 0 Å². The van der Waals surface area contributed by atoms with Crippen molar-refractivity contribution in [3.63, 3.8) is 0 Å². The van der Waals surface area contributed by atoms with E-state index in [1.807, 2.05) is 0 Å². The summed E-state index contributed by atoms with van der Waals surface area (Å²) < 4.78 is 110. The summed E-state index contributed by atoms with van der Waals surface area (Å²) in [7, 11) is 0. The fraction of sp³-hybridized carbons (Fsp3) is 0.333. The minimum atomic E-state index is -5.53. The molecule has 20 heavy (non-hydrogen) atoms. The largest absolute Gasteiger partial charge is 1.00 e. The minimum Gasteiger partial charge on any atom is -0.449 e. The molecule has 0 saturated heterocycles. The van der Waals surface area contributed by atoms with E-state index in [-0.39, 0.29) is 69.6 Å². The van der Waals surface area contributed by atoms with E-state index in [0.29, 0.717) is 0 Å². The van der Waals surface area contributed by atoms with Crippen LogP contribution < -0.4 is 51.4 Å². The van der Waals surface area contributed by atoms with Crippen molar-refractivity contribution < 1.29 is 90.7 Å². The Kier molecular flexibility index (Phi) is 6.69. The van der Waals surface area contributed by atoms with Gasteiger partial charge in [0.2, 0.25) is 0 Å². The molecule has 0 aromatic heterocycles. The van der Waals surface area contributed by atoms with Gasteiger partial charge in [0.15, 0.2) is 0 Å². The summed E-state index contributed by atoms with van der Waals surface area (Å²) in [5.41, 5.74) is -4.57. The van der Waals surface area contributed by atoms with Crippen LogP contribution in [0.3, 0.4) is 0 Å². The average molecular weight is 334 g/mol. The maximum Gasteiger partial charge on any atom is 1.00 e. The Labute approximate surface area is 150 Å². The predicted molar refractivity (Wildman–Crippen MR) is 49.2 cm³/mol. The summed E-state index contributed by atoms with van der Waals surface area (Å²) in [6.07, 6.45) is -12.1.